The van der Waals surface area contributed by atoms with Gasteiger partial charge in [0.05, 0.1) is 0 Å². The van der Waals surface area contributed by atoms with Crippen LogP contribution in [0.3, 0.4) is 0 Å². The molecule has 4 nitrogen and oxygen atoms in total. The number of aliphatic carboxylic acids is 1. The molecule has 2 aromatic rings. The Labute approximate surface area is 98.9 Å². The number of benzene rings is 1. The van der Waals surface area contributed by atoms with Crippen LogP contribution in [0.4, 0.5) is 0 Å². The van der Waals surface area contributed by atoms with E-state index in [0.29, 0.717) is 0 Å². The van der Waals surface area contributed by atoms with Gasteiger partial charge in [0.1, 0.15) is 0 Å². The lowest BCUT2D eigenvalue weighted by Gasteiger charge is -2.28. The van der Waals surface area contributed by atoms with Gasteiger partial charge in [0.15, 0.2) is 6.10 Å². The van der Waals surface area contributed by atoms with Crippen molar-refractivity contribution in [3.8, 4) is 0 Å². The van der Waals surface area contributed by atoms with Crippen LogP contribution < -0.4 is 0 Å². The molecular formula is C13H15NO3. The van der Waals surface area contributed by atoms with E-state index in [4.69, 9.17) is 5.11 Å². The number of aromatic nitrogens is 1. The Kier molecular flexibility index (Phi) is 2.67. The van der Waals surface area contributed by atoms with Crippen molar-refractivity contribution >= 4 is 16.9 Å². The minimum Gasteiger partial charge on any atom is -0.479 e. The number of carboxylic acid groups (broad SMARTS) is 1. The van der Waals surface area contributed by atoms with Gasteiger partial charge in [0.25, 0.3) is 0 Å². The van der Waals surface area contributed by atoms with Gasteiger partial charge in [-0.25, -0.2) is 4.79 Å². The van der Waals surface area contributed by atoms with Crippen LogP contribution in [0.5, 0.6) is 0 Å². The number of carboxylic acids is 1. The fourth-order valence-corrected chi connectivity index (χ4v) is 2.10. The van der Waals surface area contributed by atoms with Crippen molar-refractivity contribution in [2.45, 2.75) is 25.4 Å². The highest BCUT2D eigenvalue weighted by molar-refractivity contribution is 5.85. The molecule has 4 heteroatoms. The van der Waals surface area contributed by atoms with Crippen molar-refractivity contribution in [3.63, 3.8) is 0 Å². The van der Waals surface area contributed by atoms with Crippen LogP contribution >= 0.6 is 0 Å². The topological polar surface area (TPSA) is 73.3 Å². The van der Waals surface area contributed by atoms with Gasteiger partial charge in [-0.05, 0) is 17.7 Å². The smallest absolute Gasteiger partial charge is 0.333 e. The van der Waals surface area contributed by atoms with E-state index in [1.54, 1.807) is 20.0 Å². The average molecular weight is 233 g/mol. The van der Waals surface area contributed by atoms with Crippen LogP contribution in [-0.2, 0) is 10.2 Å². The Morgan fingerprint density at radius 2 is 2.06 bits per heavy atom. The zero-order chi connectivity index (χ0) is 12.6. The summed E-state index contributed by atoms with van der Waals surface area (Å²) in [6.07, 6.45) is 0.375. The van der Waals surface area contributed by atoms with Gasteiger partial charge in [-0.3, -0.25) is 0 Å². The summed E-state index contributed by atoms with van der Waals surface area (Å²) in [6, 6.07) is 7.51. The molecule has 1 aromatic carbocycles. The Morgan fingerprint density at radius 1 is 1.35 bits per heavy atom. The molecule has 90 valence electrons. The minimum atomic E-state index is -1.43. The number of rotatable bonds is 3. The average Bonchev–Trinajstić information content (AvgIpc) is 2.75. The maximum Gasteiger partial charge on any atom is 0.333 e. The molecule has 0 aliphatic rings. The summed E-state index contributed by atoms with van der Waals surface area (Å²) in [7, 11) is 0. The van der Waals surface area contributed by atoms with E-state index in [9.17, 15) is 9.90 Å². The molecule has 17 heavy (non-hydrogen) atoms. The SMILES string of the molecule is CC(C)(c1cccc2[nH]ccc12)C(O)C(=O)O. The van der Waals surface area contributed by atoms with Crippen molar-refractivity contribution in [1.82, 2.24) is 4.98 Å². The van der Waals surface area contributed by atoms with Crippen molar-refractivity contribution in [3.05, 3.63) is 36.0 Å². The van der Waals surface area contributed by atoms with E-state index in [-0.39, 0.29) is 0 Å². The number of H-pyrrole nitrogens is 1. The van der Waals surface area contributed by atoms with Gasteiger partial charge >= 0.3 is 5.97 Å². The molecular weight excluding hydrogens is 218 g/mol. The van der Waals surface area contributed by atoms with Crippen LogP contribution in [0.25, 0.3) is 10.9 Å². The first-order chi connectivity index (χ1) is 7.94. The predicted molar refractivity (Wildman–Crippen MR) is 65.0 cm³/mol. The van der Waals surface area contributed by atoms with Gasteiger partial charge in [0, 0.05) is 22.5 Å². The van der Waals surface area contributed by atoms with Crippen molar-refractivity contribution < 1.29 is 15.0 Å². The maximum atomic E-state index is 10.9. The number of aliphatic hydroxyl groups excluding tert-OH is 1. The predicted octanol–water partition coefficient (Wildman–Crippen LogP) is 1.89. The van der Waals surface area contributed by atoms with Crippen LogP contribution in [-0.4, -0.2) is 27.3 Å². The number of hydrogen-bond acceptors (Lipinski definition) is 2. The van der Waals surface area contributed by atoms with Crippen LogP contribution in [0.15, 0.2) is 30.5 Å². The molecule has 0 saturated heterocycles. The number of aliphatic hydroxyl groups is 1. The Balaban J connectivity index is 2.59. The number of nitrogens with one attached hydrogen (secondary N) is 1. The summed E-state index contributed by atoms with van der Waals surface area (Å²) < 4.78 is 0. The first-order valence-electron chi connectivity index (χ1n) is 5.42. The largest absolute Gasteiger partial charge is 0.479 e. The Hall–Kier alpha value is -1.81. The highest BCUT2D eigenvalue weighted by Crippen LogP contribution is 2.32. The zero-order valence-corrected chi connectivity index (χ0v) is 9.77. The lowest BCUT2D eigenvalue weighted by molar-refractivity contribution is -0.150. The fraction of sp³-hybridized carbons (Fsp3) is 0.308. The van der Waals surface area contributed by atoms with Gasteiger partial charge in [-0.2, -0.15) is 0 Å². The third kappa shape index (κ3) is 1.80. The van der Waals surface area contributed by atoms with Crippen molar-refractivity contribution in [2.75, 3.05) is 0 Å². The molecule has 0 aliphatic carbocycles. The van der Waals surface area contributed by atoms with Crippen LogP contribution in [0.1, 0.15) is 19.4 Å². The van der Waals surface area contributed by atoms with E-state index in [2.05, 4.69) is 4.98 Å². The summed E-state index contributed by atoms with van der Waals surface area (Å²) in [6.45, 7) is 3.46. The molecule has 1 heterocycles. The second-order valence-electron chi connectivity index (χ2n) is 4.71. The molecule has 1 unspecified atom stereocenters. The maximum absolute atomic E-state index is 10.9. The summed E-state index contributed by atoms with van der Waals surface area (Å²) in [4.78, 5) is 14.0. The second-order valence-corrected chi connectivity index (χ2v) is 4.71. The summed E-state index contributed by atoms with van der Waals surface area (Å²) in [5.74, 6) is -1.21. The van der Waals surface area contributed by atoms with Crippen LogP contribution in [0.2, 0.25) is 0 Å². The molecule has 0 amide bonds. The van der Waals surface area contributed by atoms with E-state index in [1.165, 1.54) is 0 Å². The van der Waals surface area contributed by atoms with Gasteiger partial charge in [-0.15, -0.1) is 0 Å². The number of carbonyl (C=O) groups is 1. The molecule has 1 atom stereocenters. The zero-order valence-electron chi connectivity index (χ0n) is 9.77. The normalized spacial score (nSPS) is 13.8. The van der Waals surface area contributed by atoms with Crippen molar-refractivity contribution in [2.24, 2.45) is 0 Å². The standard InChI is InChI=1S/C13H15NO3/c1-13(2,11(15)12(16)17)9-4-3-5-10-8(9)6-7-14-10/h3-7,11,14-15H,1-2H3,(H,16,17). The van der Waals surface area contributed by atoms with Gasteiger partial charge < -0.3 is 15.2 Å². The lowest BCUT2D eigenvalue weighted by Crippen LogP contribution is -2.39. The molecule has 0 spiro atoms. The van der Waals surface area contributed by atoms with Crippen LogP contribution in [0, 0.1) is 0 Å². The second kappa shape index (κ2) is 3.89. The lowest BCUT2D eigenvalue weighted by atomic mass is 9.78. The summed E-state index contributed by atoms with van der Waals surface area (Å²) in [5.41, 5.74) is 0.924. The van der Waals surface area contributed by atoms with Gasteiger partial charge in [0.2, 0.25) is 0 Å². The molecule has 3 N–H and O–H groups in total. The number of aromatic amines is 1. The van der Waals surface area contributed by atoms with E-state index in [0.717, 1.165) is 16.5 Å². The molecule has 2 rings (SSSR count). The number of hydrogen-bond donors (Lipinski definition) is 3. The molecule has 0 radical (unpaired) electrons. The highest BCUT2D eigenvalue weighted by atomic mass is 16.4. The van der Waals surface area contributed by atoms with Crippen molar-refractivity contribution in [1.29, 1.82) is 0 Å². The molecule has 0 bridgehead atoms. The van der Waals surface area contributed by atoms with E-state index >= 15 is 0 Å². The fourth-order valence-electron chi connectivity index (χ4n) is 2.10. The summed E-state index contributed by atoms with van der Waals surface area (Å²) >= 11 is 0. The first-order valence-corrected chi connectivity index (χ1v) is 5.42. The quantitative estimate of drug-likeness (QED) is 0.758. The monoisotopic (exact) mass is 233 g/mol. The highest BCUT2D eigenvalue weighted by Gasteiger charge is 2.36. The minimum absolute atomic E-state index is 0.825. The first kappa shape index (κ1) is 11.7. The molecule has 0 aliphatic heterocycles. The molecule has 0 fully saturated rings. The third-order valence-electron chi connectivity index (χ3n) is 3.21. The number of fused-ring (bicyclic) bond motifs is 1. The molecule has 0 saturated carbocycles. The Morgan fingerprint density at radius 3 is 2.71 bits per heavy atom. The third-order valence-corrected chi connectivity index (χ3v) is 3.21. The van der Waals surface area contributed by atoms with Gasteiger partial charge in [-0.1, -0.05) is 26.0 Å². The molecule has 1 aromatic heterocycles. The Bertz CT molecular complexity index is 557. The van der Waals surface area contributed by atoms with E-state index < -0.39 is 17.5 Å². The summed E-state index contributed by atoms with van der Waals surface area (Å²) in [5, 5.41) is 19.7. The van der Waals surface area contributed by atoms with E-state index in [1.807, 2.05) is 24.3 Å².